The van der Waals surface area contributed by atoms with Gasteiger partial charge in [-0.25, -0.2) is 0 Å². The summed E-state index contributed by atoms with van der Waals surface area (Å²) in [4.78, 5) is 4.34. The highest BCUT2D eigenvalue weighted by atomic mass is 35.5. The molecule has 0 radical (unpaired) electrons. The Morgan fingerprint density at radius 1 is 1.16 bits per heavy atom. The van der Waals surface area contributed by atoms with Gasteiger partial charge in [0.15, 0.2) is 5.96 Å². The first kappa shape index (κ1) is 17.2. The van der Waals surface area contributed by atoms with E-state index < -0.39 is 0 Å². The van der Waals surface area contributed by atoms with Gasteiger partial charge in [-0.05, 0) is 60.4 Å². The highest BCUT2D eigenvalue weighted by molar-refractivity contribution is 6.30. The van der Waals surface area contributed by atoms with Crippen LogP contribution in [0.4, 0.5) is 5.69 Å². The molecule has 0 amide bonds. The molecule has 0 fully saturated rings. The second kappa shape index (κ2) is 7.49. The van der Waals surface area contributed by atoms with Gasteiger partial charge in [0.05, 0.1) is 6.04 Å². The van der Waals surface area contributed by atoms with E-state index in [0.717, 1.165) is 40.6 Å². The van der Waals surface area contributed by atoms with Gasteiger partial charge in [0, 0.05) is 17.3 Å². The standard InChI is InChI=1S/C19H22ClN5/c1-12-10-14(20)4-7-16(12)17-11-18(25-19(22)24-17)23-9-8-13-2-5-15(21)6-3-13/h2-7,10-11,17,23H,8-9,21H2,1H3,(H3,22,24,25). The minimum absolute atomic E-state index is 0.0335. The van der Waals surface area contributed by atoms with Gasteiger partial charge in [-0.3, -0.25) is 0 Å². The third kappa shape index (κ3) is 4.45. The van der Waals surface area contributed by atoms with E-state index in [1.165, 1.54) is 5.56 Å². The molecule has 130 valence electrons. The molecule has 0 aliphatic carbocycles. The van der Waals surface area contributed by atoms with Gasteiger partial charge in [-0.15, -0.1) is 0 Å². The Labute approximate surface area is 152 Å². The molecule has 1 aliphatic heterocycles. The lowest BCUT2D eigenvalue weighted by molar-refractivity contribution is 0.702. The SMILES string of the molecule is Cc1cc(Cl)ccc1C1C=C(NCCc2ccc(N)cc2)N=C(N)N1. The van der Waals surface area contributed by atoms with Crippen LogP contribution < -0.4 is 22.1 Å². The molecule has 1 unspecified atom stereocenters. The van der Waals surface area contributed by atoms with Crippen molar-refractivity contribution in [3.8, 4) is 0 Å². The van der Waals surface area contributed by atoms with Crippen molar-refractivity contribution in [2.24, 2.45) is 10.7 Å². The van der Waals surface area contributed by atoms with Crippen molar-refractivity contribution < 1.29 is 0 Å². The molecule has 0 saturated carbocycles. The Balaban J connectivity index is 1.67. The number of benzene rings is 2. The van der Waals surface area contributed by atoms with Crippen LogP contribution in [0.1, 0.15) is 22.7 Å². The molecule has 0 spiro atoms. The van der Waals surface area contributed by atoms with E-state index >= 15 is 0 Å². The second-order valence-electron chi connectivity index (χ2n) is 6.09. The summed E-state index contributed by atoms with van der Waals surface area (Å²) in [6.45, 7) is 2.80. The van der Waals surface area contributed by atoms with Crippen molar-refractivity contribution in [1.29, 1.82) is 0 Å². The van der Waals surface area contributed by atoms with E-state index in [9.17, 15) is 0 Å². The number of guanidine groups is 1. The van der Waals surface area contributed by atoms with Crippen LogP contribution in [0.25, 0.3) is 0 Å². The summed E-state index contributed by atoms with van der Waals surface area (Å²) in [5, 5.41) is 7.26. The number of nitrogens with two attached hydrogens (primary N) is 2. The van der Waals surface area contributed by atoms with Gasteiger partial charge in [0.25, 0.3) is 0 Å². The van der Waals surface area contributed by atoms with Gasteiger partial charge in [0.2, 0.25) is 0 Å². The lowest BCUT2D eigenvalue weighted by Gasteiger charge is -2.23. The van der Waals surface area contributed by atoms with Crippen LogP contribution in [0, 0.1) is 6.92 Å². The van der Waals surface area contributed by atoms with E-state index in [2.05, 4.69) is 15.6 Å². The Morgan fingerprint density at radius 3 is 2.64 bits per heavy atom. The monoisotopic (exact) mass is 355 g/mol. The maximum atomic E-state index is 6.05. The third-order valence-electron chi connectivity index (χ3n) is 4.14. The topological polar surface area (TPSA) is 88.5 Å². The van der Waals surface area contributed by atoms with Crippen LogP contribution in [0.3, 0.4) is 0 Å². The van der Waals surface area contributed by atoms with Crippen molar-refractivity contribution in [3.05, 3.63) is 76.1 Å². The third-order valence-corrected chi connectivity index (χ3v) is 4.37. The zero-order valence-electron chi connectivity index (χ0n) is 14.1. The van der Waals surface area contributed by atoms with Crippen molar-refractivity contribution >= 4 is 23.2 Å². The zero-order chi connectivity index (χ0) is 17.8. The lowest BCUT2D eigenvalue weighted by Crippen LogP contribution is -2.38. The summed E-state index contributed by atoms with van der Waals surface area (Å²) in [5.41, 5.74) is 15.9. The van der Waals surface area contributed by atoms with E-state index in [4.69, 9.17) is 23.1 Å². The quantitative estimate of drug-likeness (QED) is 0.621. The molecule has 2 aromatic carbocycles. The van der Waals surface area contributed by atoms with Crippen LogP contribution in [0.5, 0.6) is 0 Å². The molecule has 1 atom stereocenters. The Bertz CT molecular complexity index is 811. The Kier molecular flexibility index (Phi) is 5.14. The van der Waals surface area contributed by atoms with Gasteiger partial charge >= 0.3 is 0 Å². The Morgan fingerprint density at radius 2 is 1.92 bits per heavy atom. The molecule has 0 bridgehead atoms. The number of nitrogens with one attached hydrogen (secondary N) is 2. The molecule has 6 heteroatoms. The number of nitrogen functional groups attached to an aromatic ring is 1. The van der Waals surface area contributed by atoms with Crippen LogP contribution in [-0.2, 0) is 6.42 Å². The maximum absolute atomic E-state index is 6.05. The highest BCUT2D eigenvalue weighted by Crippen LogP contribution is 2.24. The average Bonchev–Trinajstić information content (AvgIpc) is 2.56. The first-order valence-electron chi connectivity index (χ1n) is 8.18. The van der Waals surface area contributed by atoms with Crippen molar-refractivity contribution in [2.75, 3.05) is 12.3 Å². The molecule has 0 saturated heterocycles. The van der Waals surface area contributed by atoms with Crippen molar-refractivity contribution in [1.82, 2.24) is 10.6 Å². The smallest absolute Gasteiger partial charge is 0.195 e. The van der Waals surface area contributed by atoms with Gasteiger partial charge in [-0.1, -0.05) is 29.8 Å². The Hall–Kier alpha value is -2.66. The molecule has 1 aliphatic rings. The van der Waals surface area contributed by atoms with E-state index in [1.807, 2.05) is 55.5 Å². The van der Waals surface area contributed by atoms with Gasteiger partial charge in [-0.2, -0.15) is 4.99 Å². The molecule has 25 heavy (non-hydrogen) atoms. The summed E-state index contributed by atoms with van der Waals surface area (Å²) < 4.78 is 0. The fourth-order valence-corrected chi connectivity index (χ4v) is 3.06. The largest absolute Gasteiger partial charge is 0.399 e. The number of aryl methyl sites for hydroxylation is 1. The minimum atomic E-state index is -0.0335. The maximum Gasteiger partial charge on any atom is 0.195 e. The normalized spacial score (nSPS) is 16.6. The lowest BCUT2D eigenvalue weighted by atomic mass is 10.0. The number of rotatable bonds is 5. The number of hydrogen-bond donors (Lipinski definition) is 4. The highest BCUT2D eigenvalue weighted by Gasteiger charge is 2.17. The minimum Gasteiger partial charge on any atom is -0.399 e. The number of anilines is 1. The van der Waals surface area contributed by atoms with Crippen LogP contribution in [0.15, 0.2) is 59.4 Å². The second-order valence-corrected chi connectivity index (χ2v) is 6.53. The number of aliphatic imine (C=N–C) groups is 1. The van der Waals surface area contributed by atoms with Crippen molar-refractivity contribution in [3.63, 3.8) is 0 Å². The first-order valence-corrected chi connectivity index (χ1v) is 8.56. The molecule has 1 heterocycles. The van der Waals surface area contributed by atoms with Gasteiger partial charge in [0.1, 0.15) is 5.82 Å². The molecular weight excluding hydrogens is 334 g/mol. The molecule has 5 nitrogen and oxygen atoms in total. The molecular formula is C19H22ClN5. The zero-order valence-corrected chi connectivity index (χ0v) is 14.8. The number of nitrogens with zero attached hydrogens (tertiary/aromatic N) is 1. The number of halogens is 1. The summed E-state index contributed by atoms with van der Waals surface area (Å²) in [7, 11) is 0. The average molecular weight is 356 g/mol. The molecule has 6 N–H and O–H groups in total. The summed E-state index contributed by atoms with van der Waals surface area (Å²) in [6, 6.07) is 13.7. The predicted molar refractivity (Wildman–Crippen MR) is 104 cm³/mol. The fourth-order valence-electron chi connectivity index (χ4n) is 2.83. The molecule has 2 aromatic rings. The first-order chi connectivity index (χ1) is 12.0. The summed E-state index contributed by atoms with van der Waals surface area (Å²) in [6.07, 6.45) is 2.92. The number of hydrogen-bond acceptors (Lipinski definition) is 5. The van der Waals surface area contributed by atoms with Crippen molar-refractivity contribution in [2.45, 2.75) is 19.4 Å². The van der Waals surface area contributed by atoms with Crippen LogP contribution >= 0.6 is 11.6 Å². The fraction of sp³-hybridized carbons (Fsp3) is 0.211. The van der Waals surface area contributed by atoms with E-state index in [1.54, 1.807) is 0 Å². The molecule has 0 aromatic heterocycles. The molecule has 3 rings (SSSR count). The summed E-state index contributed by atoms with van der Waals surface area (Å²) >= 11 is 6.05. The van der Waals surface area contributed by atoms with Crippen LogP contribution in [0.2, 0.25) is 5.02 Å². The predicted octanol–water partition coefficient (Wildman–Crippen LogP) is 2.86. The van der Waals surface area contributed by atoms with E-state index in [0.29, 0.717) is 5.96 Å². The van der Waals surface area contributed by atoms with E-state index in [-0.39, 0.29) is 6.04 Å². The van der Waals surface area contributed by atoms with Crippen LogP contribution in [-0.4, -0.2) is 12.5 Å². The van der Waals surface area contributed by atoms with Gasteiger partial charge < -0.3 is 22.1 Å². The summed E-state index contributed by atoms with van der Waals surface area (Å²) in [5.74, 6) is 1.17.